The Morgan fingerprint density at radius 1 is 1.20 bits per heavy atom. The van der Waals surface area contributed by atoms with Crippen molar-refractivity contribution in [2.45, 2.75) is 70.9 Å². The Labute approximate surface area is 124 Å². The van der Waals surface area contributed by atoms with Gasteiger partial charge >= 0.3 is 0 Å². The first-order chi connectivity index (χ1) is 9.56. The lowest BCUT2D eigenvalue weighted by Crippen LogP contribution is -2.47. The van der Waals surface area contributed by atoms with E-state index in [1.807, 2.05) is 0 Å². The highest BCUT2D eigenvalue weighted by Gasteiger charge is 2.43. The molecule has 0 aromatic carbocycles. The summed E-state index contributed by atoms with van der Waals surface area (Å²) in [6, 6.07) is 0.634. The zero-order valence-electron chi connectivity index (χ0n) is 13.0. The summed E-state index contributed by atoms with van der Waals surface area (Å²) in [6.45, 7) is 5.97. The van der Waals surface area contributed by atoms with Crippen LogP contribution in [0.1, 0.15) is 58.8 Å². The van der Waals surface area contributed by atoms with Gasteiger partial charge in [0.15, 0.2) is 0 Å². The number of fused-ring (bicyclic) bond motifs is 2. The van der Waals surface area contributed by atoms with Gasteiger partial charge in [0.2, 0.25) is 10.0 Å². The van der Waals surface area contributed by atoms with E-state index in [-0.39, 0.29) is 6.04 Å². The predicted octanol–water partition coefficient (Wildman–Crippen LogP) is 2.36. The standard InChI is InChI=1S/C15H30N2O2S/c1-3-6-13(7-4-2)8-5-9-20(18,19)17-12-14-10-15(17)11-16-14/h13-16H,3-12H2,1-2H3/t14-,15-/m1/s1. The first-order valence-electron chi connectivity index (χ1n) is 8.29. The van der Waals surface area contributed by atoms with Gasteiger partial charge in [0.25, 0.3) is 0 Å². The lowest BCUT2D eigenvalue weighted by Gasteiger charge is -2.27. The van der Waals surface area contributed by atoms with Crippen LogP contribution in [-0.2, 0) is 10.0 Å². The van der Waals surface area contributed by atoms with Crippen LogP contribution in [0.25, 0.3) is 0 Å². The first kappa shape index (κ1) is 16.2. The normalized spacial score (nSPS) is 26.8. The topological polar surface area (TPSA) is 49.4 Å². The SMILES string of the molecule is CCCC(CCC)CCCS(=O)(=O)N1C[C@H]2C[C@@H]1CN2. The molecule has 2 bridgehead atoms. The number of piperazine rings is 1. The van der Waals surface area contributed by atoms with Gasteiger partial charge in [-0.1, -0.05) is 39.5 Å². The molecule has 2 fully saturated rings. The van der Waals surface area contributed by atoms with Crippen molar-refractivity contribution in [2.24, 2.45) is 5.92 Å². The third-order valence-electron chi connectivity index (χ3n) is 4.77. The zero-order chi connectivity index (χ0) is 14.6. The van der Waals surface area contributed by atoms with Crippen molar-refractivity contribution < 1.29 is 8.42 Å². The van der Waals surface area contributed by atoms with Gasteiger partial charge in [0, 0.05) is 25.2 Å². The second-order valence-corrected chi connectivity index (χ2v) is 8.51. The molecule has 20 heavy (non-hydrogen) atoms. The Kier molecular flexibility index (Phi) is 5.87. The molecule has 5 heteroatoms. The minimum absolute atomic E-state index is 0.229. The van der Waals surface area contributed by atoms with Crippen molar-refractivity contribution in [1.29, 1.82) is 0 Å². The Morgan fingerprint density at radius 3 is 2.40 bits per heavy atom. The van der Waals surface area contributed by atoms with Gasteiger partial charge < -0.3 is 5.32 Å². The summed E-state index contributed by atoms with van der Waals surface area (Å²) < 4.78 is 26.6. The van der Waals surface area contributed by atoms with E-state index in [0.29, 0.717) is 18.3 Å². The van der Waals surface area contributed by atoms with Gasteiger partial charge in [-0.05, 0) is 25.2 Å². The molecule has 0 aromatic rings. The molecule has 0 radical (unpaired) electrons. The zero-order valence-corrected chi connectivity index (χ0v) is 13.8. The van der Waals surface area contributed by atoms with E-state index in [4.69, 9.17) is 0 Å². The van der Waals surface area contributed by atoms with Gasteiger partial charge in [0.1, 0.15) is 0 Å². The van der Waals surface area contributed by atoms with Crippen LogP contribution < -0.4 is 5.32 Å². The van der Waals surface area contributed by atoms with Crippen molar-refractivity contribution in [1.82, 2.24) is 9.62 Å². The maximum absolute atomic E-state index is 12.4. The van der Waals surface area contributed by atoms with Gasteiger partial charge in [-0.15, -0.1) is 0 Å². The second-order valence-electron chi connectivity index (χ2n) is 6.47. The summed E-state index contributed by atoms with van der Waals surface area (Å²) in [5.41, 5.74) is 0. The molecule has 0 spiro atoms. The third kappa shape index (κ3) is 3.95. The van der Waals surface area contributed by atoms with Crippen LogP contribution in [0.3, 0.4) is 0 Å². The molecule has 0 unspecified atom stereocenters. The molecule has 2 heterocycles. The molecular formula is C15H30N2O2S. The molecule has 2 atom stereocenters. The fraction of sp³-hybridized carbons (Fsp3) is 1.00. The highest BCUT2D eigenvalue weighted by Crippen LogP contribution is 2.27. The number of sulfonamides is 1. The van der Waals surface area contributed by atoms with Crippen molar-refractivity contribution in [2.75, 3.05) is 18.8 Å². The van der Waals surface area contributed by atoms with Crippen molar-refractivity contribution in [3.8, 4) is 0 Å². The summed E-state index contributed by atoms with van der Waals surface area (Å²) >= 11 is 0. The lowest BCUT2D eigenvalue weighted by molar-refractivity contribution is 0.346. The lowest BCUT2D eigenvalue weighted by atomic mass is 9.94. The van der Waals surface area contributed by atoms with Crippen molar-refractivity contribution in [3.63, 3.8) is 0 Å². The van der Waals surface area contributed by atoms with E-state index in [0.717, 1.165) is 31.7 Å². The molecule has 0 amide bonds. The highest BCUT2D eigenvalue weighted by molar-refractivity contribution is 7.89. The van der Waals surface area contributed by atoms with E-state index in [1.165, 1.54) is 25.7 Å². The largest absolute Gasteiger partial charge is 0.311 e. The minimum Gasteiger partial charge on any atom is -0.311 e. The van der Waals surface area contributed by atoms with E-state index in [9.17, 15) is 8.42 Å². The Hall–Kier alpha value is -0.130. The first-order valence-corrected chi connectivity index (χ1v) is 9.90. The van der Waals surface area contributed by atoms with Crippen LogP contribution in [-0.4, -0.2) is 43.6 Å². The molecule has 118 valence electrons. The molecule has 2 saturated heterocycles. The van der Waals surface area contributed by atoms with Gasteiger partial charge in [-0.25, -0.2) is 8.42 Å². The molecule has 1 N–H and O–H groups in total. The Balaban J connectivity index is 1.77. The minimum atomic E-state index is -3.02. The van der Waals surface area contributed by atoms with Crippen molar-refractivity contribution in [3.05, 3.63) is 0 Å². The smallest absolute Gasteiger partial charge is 0.214 e. The number of hydrogen-bond donors (Lipinski definition) is 1. The van der Waals surface area contributed by atoms with Crippen LogP contribution >= 0.6 is 0 Å². The van der Waals surface area contributed by atoms with E-state index < -0.39 is 10.0 Å². The summed E-state index contributed by atoms with van der Waals surface area (Å²) in [7, 11) is -3.02. The predicted molar refractivity (Wildman–Crippen MR) is 83.2 cm³/mol. The average molecular weight is 302 g/mol. The highest BCUT2D eigenvalue weighted by atomic mass is 32.2. The number of rotatable bonds is 9. The van der Waals surface area contributed by atoms with Gasteiger partial charge in [-0.3, -0.25) is 0 Å². The van der Waals surface area contributed by atoms with Gasteiger partial charge in [0.05, 0.1) is 5.75 Å². The molecular weight excluding hydrogens is 272 g/mol. The average Bonchev–Trinajstić information content (AvgIpc) is 3.01. The monoisotopic (exact) mass is 302 g/mol. The van der Waals surface area contributed by atoms with Gasteiger partial charge in [-0.2, -0.15) is 4.31 Å². The van der Waals surface area contributed by atoms with E-state index >= 15 is 0 Å². The van der Waals surface area contributed by atoms with Crippen LogP contribution in [0.15, 0.2) is 0 Å². The number of nitrogens with one attached hydrogen (secondary N) is 1. The molecule has 2 rings (SSSR count). The molecule has 0 aromatic heterocycles. The summed E-state index contributed by atoms with van der Waals surface area (Å²) in [6.07, 6.45) is 7.80. The number of nitrogens with zero attached hydrogens (tertiary/aromatic N) is 1. The van der Waals surface area contributed by atoms with E-state index in [1.54, 1.807) is 4.31 Å². The molecule has 2 aliphatic rings. The number of hydrogen-bond acceptors (Lipinski definition) is 3. The third-order valence-corrected chi connectivity index (χ3v) is 6.74. The summed E-state index contributed by atoms with van der Waals surface area (Å²) in [5, 5.41) is 3.36. The fourth-order valence-corrected chi connectivity index (χ4v) is 5.57. The Morgan fingerprint density at radius 2 is 1.90 bits per heavy atom. The van der Waals surface area contributed by atoms with Crippen LogP contribution in [0.4, 0.5) is 0 Å². The summed E-state index contributed by atoms with van der Waals surface area (Å²) in [4.78, 5) is 0. The van der Waals surface area contributed by atoms with Crippen LogP contribution in [0.2, 0.25) is 0 Å². The quantitative estimate of drug-likeness (QED) is 0.711. The molecule has 2 aliphatic heterocycles. The Bertz CT molecular complexity index is 391. The van der Waals surface area contributed by atoms with Crippen molar-refractivity contribution >= 4 is 10.0 Å². The second kappa shape index (κ2) is 7.23. The van der Waals surface area contributed by atoms with E-state index in [2.05, 4.69) is 19.2 Å². The summed E-state index contributed by atoms with van der Waals surface area (Å²) in [5.74, 6) is 1.07. The maximum Gasteiger partial charge on any atom is 0.214 e. The molecule has 4 nitrogen and oxygen atoms in total. The molecule has 0 saturated carbocycles. The fourth-order valence-electron chi connectivity index (χ4n) is 3.78. The van der Waals surface area contributed by atoms with Crippen LogP contribution in [0.5, 0.6) is 0 Å². The maximum atomic E-state index is 12.4. The molecule has 0 aliphatic carbocycles. The van der Waals surface area contributed by atoms with Crippen LogP contribution in [0, 0.1) is 5.92 Å².